The Balaban J connectivity index is 1.29. The molecule has 7 nitrogen and oxygen atoms in total. The molecule has 2 aromatic carbocycles. The first kappa shape index (κ1) is 19.8. The number of imide groups is 1. The second-order valence-corrected chi connectivity index (χ2v) is 7.24. The van der Waals surface area contributed by atoms with Gasteiger partial charge >= 0.3 is 0 Å². The van der Waals surface area contributed by atoms with Crippen molar-refractivity contribution in [2.45, 2.75) is 6.42 Å². The molecule has 0 N–H and O–H groups in total. The fourth-order valence-electron chi connectivity index (χ4n) is 3.74. The molecular formula is C22H20FN3O4. The average molecular weight is 409 g/mol. The Kier molecular flexibility index (Phi) is 5.31. The monoisotopic (exact) mass is 409 g/mol. The second-order valence-electron chi connectivity index (χ2n) is 7.24. The molecular weight excluding hydrogens is 389 g/mol. The van der Waals surface area contributed by atoms with Crippen LogP contribution in [0.15, 0.2) is 48.5 Å². The highest BCUT2D eigenvalue weighted by Gasteiger charge is 2.35. The maximum atomic E-state index is 13.0. The van der Waals surface area contributed by atoms with Crippen LogP contribution in [0.4, 0.5) is 4.39 Å². The molecule has 2 aromatic rings. The van der Waals surface area contributed by atoms with Crippen LogP contribution in [-0.4, -0.2) is 71.1 Å². The van der Waals surface area contributed by atoms with Gasteiger partial charge in [-0.2, -0.15) is 0 Å². The van der Waals surface area contributed by atoms with Crippen LogP contribution in [0.1, 0.15) is 37.5 Å². The molecule has 0 saturated carbocycles. The van der Waals surface area contributed by atoms with Crippen LogP contribution < -0.4 is 0 Å². The predicted molar refractivity (Wildman–Crippen MR) is 105 cm³/mol. The molecule has 0 bridgehead atoms. The van der Waals surface area contributed by atoms with Crippen LogP contribution in [-0.2, 0) is 4.79 Å². The zero-order valence-corrected chi connectivity index (χ0v) is 16.2. The van der Waals surface area contributed by atoms with Gasteiger partial charge in [-0.25, -0.2) is 4.39 Å². The molecule has 0 spiro atoms. The maximum Gasteiger partial charge on any atom is 0.261 e. The summed E-state index contributed by atoms with van der Waals surface area (Å²) in [5, 5.41) is 0. The zero-order valence-electron chi connectivity index (χ0n) is 16.2. The van der Waals surface area contributed by atoms with E-state index in [0.717, 1.165) is 4.90 Å². The van der Waals surface area contributed by atoms with E-state index < -0.39 is 5.82 Å². The molecule has 4 rings (SSSR count). The Morgan fingerprint density at radius 1 is 0.800 bits per heavy atom. The Labute approximate surface area is 172 Å². The number of halogens is 1. The highest BCUT2D eigenvalue weighted by atomic mass is 19.1. The number of piperazine rings is 1. The van der Waals surface area contributed by atoms with Gasteiger partial charge in [0.05, 0.1) is 11.1 Å². The van der Waals surface area contributed by atoms with Crippen LogP contribution in [0.2, 0.25) is 0 Å². The van der Waals surface area contributed by atoms with Crippen molar-refractivity contribution in [3.8, 4) is 0 Å². The van der Waals surface area contributed by atoms with Crippen molar-refractivity contribution in [2.75, 3.05) is 32.7 Å². The third kappa shape index (κ3) is 3.68. The lowest BCUT2D eigenvalue weighted by Gasteiger charge is -2.35. The molecule has 0 atom stereocenters. The Morgan fingerprint density at radius 3 is 1.90 bits per heavy atom. The van der Waals surface area contributed by atoms with Gasteiger partial charge in [0.1, 0.15) is 5.82 Å². The molecule has 1 fully saturated rings. The summed E-state index contributed by atoms with van der Waals surface area (Å²) < 4.78 is 13.0. The Bertz CT molecular complexity index is 978. The summed E-state index contributed by atoms with van der Waals surface area (Å²) in [6.45, 7) is 1.51. The van der Waals surface area contributed by atoms with Gasteiger partial charge in [-0.1, -0.05) is 12.1 Å². The quantitative estimate of drug-likeness (QED) is 0.722. The van der Waals surface area contributed by atoms with Crippen LogP contribution in [0, 0.1) is 5.82 Å². The lowest BCUT2D eigenvalue weighted by Crippen LogP contribution is -2.51. The SMILES string of the molecule is O=C(CCN1C(=O)c2ccccc2C1=O)N1CCN(C(=O)c2ccc(F)cc2)CC1. The molecule has 154 valence electrons. The number of benzene rings is 2. The van der Waals surface area contributed by atoms with Gasteiger partial charge in [0.25, 0.3) is 17.7 Å². The number of nitrogens with zero attached hydrogens (tertiary/aromatic N) is 3. The van der Waals surface area contributed by atoms with Gasteiger partial charge in [0.2, 0.25) is 5.91 Å². The zero-order chi connectivity index (χ0) is 21.3. The molecule has 4 amide bonds. The fourth-order valence-corrected chi connectivity index (χ4v) is 3.74. The van der Waals surface area contributed by atoms with Gasteiger partial charge < -0.3 is 9.80 Å². The first-order valence-corrected chi connectivity index (χ1v) is 9.73. The largest absolute Gasteiger partial charge is 0.339 e. The summed E-state index contributed by atoms with van der Waals surface area (Å²) in [5.41, 5.74) is 1.13. The maximum absolute atomic E-state index is 13.0. The third-order valence-corrected chi connectivity index (χ3v) is 5.44. The normalized spacial score (nSPS) is 16.1. The van der Waals surface area contributed by atoms with Gasteiger partial charge in [-0.15, -0.1) is 0 Å². The predicted octanol–water partition coefficient (Wildman–Crippen LogP) is 1.80. The van der Waals surface area contributed by atoms with Crippen LogP contribution >= 0.6 is 0 Å². The molecule has 0 unspecified atom stereocenters. The number of carbonyl (C=O) groups excluding carboxylic acids is 4. The van der Waals surface area contributed by atoms with E-state index in [0.29, 0.717) is 42.9 Å². The first-order chi connectivity index (χ1) is 14.5. The Morgan fingerprint density at radius 2 is 1.33 bits per heavy atom. The Hall–Kier alpha value is -3.55. The summed E-state index contributed by atoms with van der Waals surface area (Å²) in [5.74, 6) is -1.52. The number of rotatable bonds is 4. The average Bonchev–Trinajstić information content (AvgIpc) is 3.02. The topological polar surface area (TPSA) is 78.0 Å². The van der Waals surface area contributed by atoms with Crippen molar-refractivity contribution >= 4 is 23.6 Å². The second kappa shape index (κ2) is 8.06. The highest BCUT2D eigenvalue weighted by Crippen LogP contribution is 2.22. The smallest absolute Gasteiger partial charge is 0.261 e. The van der Waals surface area contributed by atoms with E-state index in [2.05, 4.69) is 0 Å². The standard InChI is InChI=1S/C22H20FN3O4/c23-16-7-5-15(6-8-16)20(28)25-13-11-24(12-14-25)19(27)9-10-26-21(29)17-3-1-2-4-18(17)22(26)30/h1-8H,9-14H2. The number of amides is 4. The van der Waals surface area contributed by atoms with E-state index in [9.17, 15) is 23.6 Å². The molecule has 1 saturated heterocycles. The minimum atomic E-state index is -0.403. The van der Waals surface area contributed by atoms with Crippen molar-refractivity contribution in [3.63, 3.8) is 0 Å². The lowest BCUT2D eigenvalue weighted by molar-refractivity contribution is -0.132. The van der Waals surface area contributed by atoms with Crippen molar-refractivity contribution in [3.05, 3.63) is 71.0 Å². The number of carbonyl (C=O) groups is 4. The molecule has 2 aliphatic heterocycles. The van der Waals surface area contributed by atoms with Gasteiger partial charge in [-0.3, -0.25) is 24.1 Å². The van der Waals surface area contributed by atoms with Gasteiger partial charge in [-0.05, 0) is 36.4 Å². The molecule has 30 heavy (non-hydrogen) atoms. The van der Waals surface area contributed by atoms with E-state index in [1.807, 2.05) is 0 Å². The number of fused-ring (bicyclic) bond motifs is 1. The fraction of sp³-hybridized carbons (Fsp3) is 0.273. The van der Waals surface area contributed by atoms with Crippen LogP contribution in [0.25, 0.3) is 0 Å². The summed E-state index contributed by atoms with van der Waals surface area (Å²) in [6, 6.07) is 12.0. The van der Waals surface area contributed by atoms with Crippen molar-refractivity contribution < 1.29 is 23.6 Å². The minimum absolute atomic E-state index is 0.0277. The number of hydrogen-bond donors (Lipinski definition) is 0. The summed E-state index contributed by atoms with van der Waals surface area (Å²) in [6.07, 6.45) is 0.0391. The van der Waals surface area contributed by atoms with E-state index in [4.69, 9.17) is 0 Å². The van der Waals surface area contributed by atoms with E-state index in [-0.39, 0.29) is 36.6 Å². The highest BCUT2D eigenvalue weighted by molar-refractivity contribution is 6.21. The van der Waals surface area contributed by atoms with Crippen molar-refractivity contribution in [1.82, 2.24) is 14.7 Å². The van der Waals surface area contributed by atoms with Crippen LogP contribution in [0.5, 0.6) is 0 Å². The van der Waals surface area contributed by atoms with E-state index in [1.165, 1.54) is 24.3 Å². The van der Waals surface area contributed by atoms with Crippen LogP contribution in [0.3, 0.4) is 0 Å². The minimum Gasteiger partial charge on any atom is -0.339 e. The molecule has 0 aliphatic carbocycles. The summed E-state index contributed by atoms with van der Waals surface area (Å²) >= 11 is 0. The summed E-state index contributed by atoms with van der Waals surface area (Å²) in [7, 11) is 0. The third-order valence-electron chi connectivity index (χ3n) is 5.44. The lowest BCUT2D eigenvalue weighted by atomic mass is 10.1. The van der Waals surface area contributed by atoms with Crippen molar-refractivity contribution in [1.29, 1.82) is 0 Å². The molecule has 0 radical (unpaired) electrons. The molecule has 8 heteroatoms. The van der Waals surface area contributed by atoms with E-state index in [1.54, 1.807) is 34.1 Å². The summed E-state index contributed by atoms with van der Waals surface area (Å²) in [4.78, 5) is 54.2. The van der Waals surface area contributed by atoms with Gasteiger partial charge in [0.15, 0.2) is 0 Å². The molecule has 2 heterocycles. The van der Waals surface area contributed by atoms with Crippen molar-refractivity contribution in [2.24, 2.45) is 0 Å². The van der Waals surface area contributed by atoms with Gasteiger partial charge in [0, 0.05) is 44.7 Å². The molecule has 2 aliphatic rings. The molecule has 0 aromatic heterocycles. The number of hydrogen-bond acceptors (Lipinski definition) is 4. The van der Waals surface area contributed by atoms with E-state index >= 15 is 0 Å². The first-order valence-electron chi connectivity index (χ1n) is 9.73.